The van der Waals surface area contributed by atoms with Crippen molar-refractivity contribution in [2.75, 3.05) is 33.2 Å². The van der Waals surface area contributed by atoms with Crippen LogP contribution in [0.4, 0.5) is 5.82 Å². The fourth-order valence-corrected chi connectivity index (χ4v) is 1.98. The Morgan fingerprint density at radius 3 is 2.45 bits per heavy atom. The van der Waals surface area contributed by atoms with Gasteiger partial charge in [0.05, 0.1) is 32.2 Å². The Balaban J connectivity index is 2.69. The van der Waals surface area contributed by atoms with Crippen LogP contribution in [0.15, 0.2) is 12.1 Å². The van der Waals surface area contributed by atoms with Gasteiger partial charge < -0.3 is 19.5 Å². The predicted molar refractivity (Wildman–Crippen MR) is 78.0 cm³/mol. The molecule has 0 radical (unpaired) electrons. The number of methoxy groups -OCH3 is 3. The molecule has 108 valence electrons. The molecular weight excluding hydrogens is 258 g/mol. The van der Waals surface area contributed by atoms with Crippen LogP contribution in [-0.2, 0) is 0 Å². The molecule has 1 aromatic carbocycles. The highest BCUT2D eigenvalue weighted by Crippen LogP contribution is 2.38. The summed E-state index contributed by atoms with van der Waals surface area (Å²) in [5.74, 6) is 1.95. The van der Waals surface area contributed by atoms with Gasteiger partial charge in [-0.1, -0.05) is 6.92 Å². The fourth-order valence-electron chi connectivity index (χ4n) is 1.98. The summed E-state index contributed by atoms with van der Waals surface area (Å²) in [6, 6.07) is 4.00. The Hall–Kier alpha value is -2.24. The van der Waals surface area contributed by atoms with Crippen LogP contribution in [0.5, 0.6) is 17.5 Å². The van der Waals surface area contributed by atoms with Gasteiger partial charge in [0.15, 0.2) is 11.5 Å². The minimum Gasteiger partial charge on any atom is -0.493 e. The van der Waals surface area contributed by atoms with Crippen LogP contribution in [-0.4, -0.2) is 37.8 Å². The topological polar surface area (TPSA) is 65.5 Å². The summed E-state index contributed by atoms with van der Waals surface area (Å²) in [5, 5.41) is 4.06. The van der Waals surface area contributed by atoms with E-state index in [9.17, 15) is 0 Å². The average Bonchev–Trinajstić information content (AvgIpc) is 2.50. The van der Waals surface area contributed by atoms with Gasteiger partial charge in [0.25, 0.3) is 0 Å². The zero-order valence-corrected chi connectivity index (χ0v) is 12.2. The van der Waals surface area contributed by atoms with Crippen LogP contribution >= 0.6 is 0 Å². The molecular formula is C14H19N3O3. The molecule has 0 saturated carbocycles. The summed E-state index contributed by atoms with van der Waals surface area (Å²) in [5.41, 5.74) is 0.744. The summed E-state index contributed by atoms with van der Waals surface area (Å²) in [6.07, 6.45) is 0.986. The van der Waals surface area contributed by atoms with Crippen molar-refractivity contribution in [3.05, 3.63) is 12.1 Å². The molecule has 0 aliphatic heterocycles. The van der Waals surface area contributed by atoms with Crippen LogP contribution < -0.4 is 19.5 Å². The quantitative estimate of drug-likeness (QED) is 0.875. The number of nitrogens with zero attached hydrogens (tertiary/aromatic N) is 2. The molecule has 1 heterocycles. The van der Waals surface area contributed by atoms with Crippen LogP contribution in [0.2, 0.25) is 0 Å². The molecule has 0 aliphatic rings. The van der Waals surface area contributed by atoms with Crippen molar-refractivity contribution in [3.8, 4) is 17.5 Å². The van der Waals surface area contributed by atoms with Gasteiger partial charge in [-0.3, -0.25) is 0 Å². The number of aromatic nitrogens is 2. The van der Waals surface area contributed by atoms with Gasteiger partial charge in [0, 0.05) is 6.54 Å². The molecule has 0 saturated heterocycles. The first-order chi connectivity index (χ1) is 9.74. The van der Waals surface area contributed by atoms with E-state index in [4.69, 9.17) is 14.2 Å². The fraction of sp³-hybridized carbons (Fsp3) is 0.429. The molecule has 1 N–H and O–H groups in total. The van der Waals surface area contributed by atoms with Crippen molar-refractivity contribution < 1.29 is 14.2 Å². The van der Waals surface area contributed by atoms with E-state index >= 15 is 0 Å². The van der Waals surface area contributed by atoms with Gasteiger partial charge >= 0.3 is 6.01 Å². The lowest BCUT2D eigenvalue weighted by Crippen LogP contribution is -2.06. The van der Waals surface area contributed by atoms with Crippen LogP contribution in [0.25, 0.3) is 10.9 Å². The lowest BCUT2D eigenvalue weighted by molar-refractivity contribution is 0.358. The Morgan fingerprint density at radius 1 is 1.05 bits per heavy atom. The highest BCUT2D eigenvalue weighted by molar-refractivity contribution is 5.96. The standard InChI is InChI=1S/C14H19N3O3/c1-5-8-15-13-11-9(16-14(17-13)20-4)6-7-10(18-2)12(11)19-3/h6-7H,5,8H2,1-4H3,(H,15,16,17). The number of hydrogen-bond donors (Lipinski definition) is 1. The van der Waals surface area contributed by atoms with Gasteiger partial charge in [0.1, 0.15) is 5.82 Å². The van der Waals surface area contributed by atoms with Crippen molar-refractivity contribution >= 4 is 16.7 Å². The molecule has 0 bridgehead atoms. The number of fused-ring (bicyclic) bond motifs is 1. The summed E-state index contributed by atoms with van der Waals surface area (Å²) >= 11 is 0. The van der Waals surface area contributed by atoms with Crippen molar-refractivity contribution in [2.24, 2.45) is 0 Å². The van der Waals surface area contributed by atoms with E-state index in [1.54, 1.807) is 21.3 Å². The van der Waals surface area contributed by atoms with E-state index in [2.05, 4.69) is 22.2 Å². The number of anilines is 1. The predicted octanol–water partition coefficient (Wildman–Crippen LogP) is 2.48. The normalized spacial score (nSPS) is 10.4. The van der Waals surface area contributed by atoms with Crippen LogP contribution in [0.3, 0.4) is 0 Å². The van der Waals surface area contributed by atoms with E-state index in [1.165, 1.54) is 0 Å². The molecule has 0 fully saturated rings. The molecule has 0 amide bonds. The van der Waals surface area contributed by atoms with Gasteiger partial charge in [-0.15, -0.1) is 0 Å². The lowest BCUT2D eigenvalue weighted by atomic mass is 10.2. The molecule has 0 spiro atoms. The van der Waals surface area contributed by atoms with E-state index in [1.807, 2.05) is 12.1 Å². The van der Waals surface area contributed by atoms with Gasteiger partial charge in [-0.05, 0) is 18.6 Å². The Morgan fingerprint density at radius 2 is 1.85 bits per heavy atom. The van der Waals surface area contributed by atoms with Crippen molar-refractivity contribution in [2.45, 2.75) is 13.3 Å². The van der Waals surface area contributed by atoms with E-state index in [0.717, 1.165) is 23.9 Å². The highest BCUT2D eigenvalue weighted by Gasteiger charge is 2.16. The Bertz CT molecular complexity index is 602. The van der Waals surface area contributed by atoms with Crippen LogP contribution in [0.1, 0.15) is 13.3 Å². The SMILES string of the molecule is CCCNc1nc(OC)nc2ccc(OC)c(OC)c12. The van der Waals surface area contributed by atoms with Gasteiger partial charge in [-0.2, -0.15) is 9.97 Å². The molecule has 0 unspecified atom stereocenters. The first-order valence-electron chi connectivity index (χ1n) is 6.45. The second-order valence-electron chi connectivity index (χ2n) is 4.18. The van der Waals surface area contributed by atoms with Crippen LogP contribution in [0, 0.1) is 0 Å². The van der Waals surface area contributed by atoms with Gasteiger partial charge in [-0.25, -0.2) is 0 Å². The zero-order valence-electron chi connectivity index (χ0n) is 12.2. The molecule has 20 heavy (non-hydrogen) atoms. The summed E-state index contributed by atoms with van der Waals surface area (Å²) < 4.78 is 15.9. The molecule has 6 nitrogen and oxygen atoms in total. The molecule has 1 aromatic heterocycles. The highest BCUT2D eigenvalue weighted by atomic mass is 16.5. The first-order valence-corrected chi connectivity index (χ1v) is 6.45. The van der Waals surface area contributed by atoms with Crippen molar-refractivity contribution in [3.63, 3.8) is 0 Å². The number of ether oxygens (including phenoxy) is 3. The Labute approximate surface area is 118 Å². The maximum atomic E-state index is 5.46. The smallest absolute Gasteiger partial charge is 0.318 e. The van der Waals surface area contributed by atoms with E-state index in [0.29, 0.717) is 23.3 Å². The molecule has 0 atom stereocenters. The van der Waals surface area contributed by atoms with Crippen molar-refractivity contribution in [1.29, 1.82) is 0 Å². The summed E-state index contributed by atoms with van der Waals surface area (Å²) in [4.78, 5) is 8.70. The molecule has 2 aromatic rings. The number of nitrogens with one attached hydrogen (secondary N) is 1. The number of benzene rings is 1. The first kappa shape index (κ1) is 14.2. The average molecular weight is 277 g/mol. The zero-order chi connectivity index (χ0) is 14.5. The summed E-state index contributed by atoms with van der Waals surface area (Å²) in [6.45, 7) is 2.89. The maximum absolute atomic E-state index is 5.46. The third kappa shape index (κ3) is 2.54. The molecule has 2 rings (SSSR count). The third-order valence-corrected chi connectivity index (χ3v) is 2.91. The van der Waals surface area contributed by atoms with Gasteiger partial charge in [0.2, 0.25) is 0 Å². The van der Waals surface area contributed by atoms with Crippen molar-refractivity contribution in [1.82, 2.24) is 9.97 Å². The third-order valence-electron chi connectivity index (χ3n) is 2.91. The maximum Gasteiger partial charge on any atom is 0.318 e. The molecule has 6 heteroatoms. The number of hydrogen-bond acceptors (Lipinski definition) is 6. The largest absolute Gasteiger partial charge is 0.493 e. The molecule has 0 aliphatic carbocycles. The monoisotopic (exact) mass is 277 g/mol. The van der Waals surface area contributed by atoms with E-state index < -0.39 is 0 Å². The minimum atomic E-state index is 0.323. The number of rotatable bonds is 6. The summed E-state index contributed by atoms with van der Waals surface area (Å²) in [7, 11) is 4.75. The minimum absolute atomic E-state index is 0.323. The van der Waals surface area contributed by atoms with E-state index in [-0.39, 0.29) is 0 Å². The Kier molecular flexibility index (Phi) is 4.45. The second-order valence-corrected chi connectivity index (χ2v) is 4.18. The second kappa shape index (κ2) is 6.27. The lowest BCUT2D eigenvalue weighted by Gasteiger charge is -2.14.